The Hall–Kier alpha value is -2.82. The van der Waals surface area contributed by atoms with Crippen LogP contribution in [0.15, 0.2) is 59.2 Å². The number of aliphatic imine (C=N–C) groups is 1. The first-order valence-corrected chi connectivity index (χ1v) is 6.26. The molecule has 2 aromatic rings. The van der Waals surface area contributed by atoms with E-state index in [2.05, 4.69) is 10.3 Å². The van der Waals surface area contributed by atoms with Crippen molar-refractivity contribution in [3.05, 3.63) is 77.0 Å². The van der Waals surface area contributed by atoms with Crippen LogP contribution in [0.2, 0.25) is 0 Å². The minimum Gasteiger partial charge on any atom is -0.305 e. The molecule has 3 nitrogen and oxygen atoms in total. The highest BCUT2D eigenvalue weighted by Gasteiger charge is 2.23. The van der Waals surface area contributed by atoms with Crippen LogP contribution in [0.5, 0.6) is 0 Å². The van der Waals surface area contributed by atoms with Gasteiger partial charge >= 0.3 is 0 Å². The van der Waals surface area contributed by atoms with E-state index < -0.39 is 17.5 Å². The second-order valence-electron chi connectivity index (χ2n) is 4.45. The highest BCUT2D eigenvalue weighted by atomic mass is 19.1. The van der Waals surface area contributed by atoms with E-state index in [9.17, 15) is 13.6 Å². The molecule has 1 amide bonds. The predicted octanol–water partition coefficient (Wildman–Crippen LogP) is 2.88. The van der Waals surface area contributed by atoms with E-state index in [1.807, 2.05) is 0 Å². The van der Waals surface area contributed by atoms with E-state index in [0.717, 1.165) is 0 Å². The lowest BCUT2D eigenvalue weighted by atomic mass is 10.2. The minimum absolute atomic E-state index is 0.0401. The van der Waals surface area contributed by atoms with Gasteiger partial charge < -0.3 is 5.32 Å². The SMILES string of the molecule is O=C1NC(c2ccccc2F)=NC1=Cc1ccccc1F. The summed E-state index contributed by atoms with van der Waals surface area (Å²) >= 11 is 0. The second-order valence-corrected chi connectivity index (χ2v) is 4.45. The van der Waals surface area contributed by atoms with Crippen molar-refractivity contribution in [3.63, 3.8) is 0 Å². The van der Waals surface area contributed by atoms with Crippen LogP contribution in [0.25, 0.3) is 6.08 Å². The Morgan fingerprint density at radius 2 is 1.62 bits per heavy atom. The summed E-state index contributed by atoms with van der Waals surface area (Å²) < 4.78 is 27.2. The van der Waals surface area contributed by atoms with Crippen molar-refractivity contribution < 1.29 is 13.6 Å². The third kappa shape index (κ3) is 2.58. The molecule has 0 aliphatic carbocycles. The van der Waals surface area contributed by atoms with E-state index in [1.165, 1.54) is 30.3 Å². The molecule has 0 unspecified atom stereocenters. The first kappa shape index (κ1) is 13.2. The normalized spacial score (nSPS) is 16.0. The Balaban J connectivity index is 2.00. The van der Waals surface area contributed by atoms with Gasteiger partial charge in [-0.15, -0.1) is 0 Å². The number of rotatable bonds is 2. The molecule has 3 rings (SSSR count). The quantitative estimate of drug-likeness (QED) is 0.846. The molecule has 0 saturated carbocycles. The molecular formula is C16H10F2N2O. The molecule has 0 bridgehead atoms. The highest BCUT2D eigenvalue weighted by molar-refractivity contribution is 6.19. The lowest BCUT2D eigenvalue weighted by Gasteiger charge is -2.00. The number of carbonyl (C=O) groups is 1. The van der Waals surface area contributed by atoms with E-state index >= 15 is 0 Å². The Kier molecular flexibility index (Phi) is 3.31. The van der Waals surface area contributed by atoms with Gasteiger partial charge in [0.2, 0.25) is 0 Å². The maximum absolute atomic E-state index is 13.7. The van der Waals surface area contributed by atoms with E-state index in [4.69, 9.17) is 0 Å². The van der Waals surface area contributed by atoms with E-state index in [1.54, 1.807) is 24.3 Å². The molecule has 5 heteroatoms. The maximum atomic E-state index is 13.7. The molecule has 0 atom stereocenters. The molecule has 0 fully saturated rings. The monoisotopic (exact) mass is 284 g/mol. The lowest BCUT2D eigenvalue weighted by molar-refractivity contribution is -0.115. The summed E-state index contributed by atoms with van der Waals surface area (Å²) in [5.41, 5.74) is 0.488. The molecule has 1 aliphatic rings. The van der Waals surface area contributed by atoms with Crippen LogP contribution in [0.4, 0.5) is 8.78 Å². The third-order valence-electron chi connectivity index (χ3n) is 3.02. The fourth-order valence-electron chi connectivity index (χ4n) is 1.99. The van der Waals surface area contributed by atoms with Crippen molar-refractivity contribution in [2.45, 2.75) is 0 Å². The van der Waals surface area contributed by atoms with Crippen LogP contribution in [-0.2, 0) is 4.79 Å². The van der Waals surface area contributed by atoms with Crippen molar-refractivity contribution in [1.82, 2.24) is 5.32 Å². The number of benzene rings is 2. The number of nitrogens with zero attached hydrogens (tertiary/aromatic N) is 1. The second kappa shape index (κ2) is 5.28. The number of amidine groups is 1. The van der Waals surface area contributed by atoms with Crippen LogP contribution < -0.4 is 5.32 Å². The molecule has 1 heterocycles. The van der Waals surface area contributed by atoms with Gasteiger partial charge in [0.25, 0.3) is 5.91 Å². The van der Waals surface area contributed by atoms with Crippen molar-refractivity contribution in [3.8, 4) is 0 Å². The van der Waals surface area contributed by atoms with Gasteiger partial charge in [-0.3, -0.25) is 4.79 Å². The zero-order chi connectivity index (χ0) is 14.8. The Labute approximate surface area is 119 Å². The first-order chi connectivity index (χ1) is 10.1. The largest absolute Gasteiger partial charge is 0.305 e. The van der Waals surface area contributed by atoms with Gasteiger partial charge in [0.05, 0.1) is 5.56 Å². The third-order valence-corrected chi connectivity index (χ3v) is 3.02. The minimum atomic E-state index is -0.489. The molecule has 2 aromatic carbocycles. The molecule has 0 saturated heterocycles. The van der Waals surface area contributed by atoms with Gasteiger partial charge in [-0.1, -0.05) is 30.3 Å². The molecule has 21 heavy (non-hydrogen) atoms. The number of halogens is 2. The molecule has 0 spiro atoms. The Bertz CT molecular complexity index is 781. The van der Waals surface area contributed by atoms with Crippen molar-refractivity contribution in [1.29, 1.82) is 0 Å². The topological polar surface area (TPSA) is 41.5 Å². The number of hydrogen-bond donors (Lipinski definition) is 1. The standard InChI is InChI=1S/C16H10F2N2O/c17-12-7-3-1-5-10(12)9-14-16(21)20-15(19-14)11-6-2-4-8-13(11)18/h1-9H,(H,19,20,21). The van der Waals surface area contributed by atoms with Gasteiger partial charge in [0.1, 0.15) is 23.2 Å². The fourth-order valence-corrected chi connectivity index (χ4v) is 1.99. The summed E-state index contributed by atoms with van der Waals surface area (Å²) in [6.45, 7) is 0. The predicted molar refractivity (Wildman–Crippen MR) is 75.5 cm³/mol. The molecule has 1 aliphatic heterocycles. The zero-order valence-electron chi connectivity index (χ0n) is 10.8. The smallest absolute Gasteiger partial charge is 0.275 e. The molecule has 0 radical (unpaired) electrons. The summed E-state index contributed by atoms with van der Waals surface area (Å²) in [7, 11) is 0. The number of hydrogen-bond acceptors (Lipinski definition) is 2. The van der Waals surface area contributed by atoms with Gasteiger partial charge in [0, 0.05) is 5.56 Å². The number of carbonyl (C=O) groups excluding carboxylic acids is 1. The van der Waals surface area contributed by atoms with Crippen molar-refractivity contribution >= 4 is 17.8 Å². The van der Waals surface area contributed by atoms with Crippen molar-refractivity contribution in [2.24, 2.45) is 4.99 Å². The Morgan fingerprint density at radius 3 is 2.33 bits per heavy atom. The highest BCUT2D eigenvalue weighted by Crippen LogP contribution is 2.18. The number of amides is 1. The van der Waals surface area contributed by atoms with Gasteiger partial charge in [-0.05, 0) is 24.3 Å². The lowest BCUT2D eigenvalue weighted by Crippen LogP contribution is -2.25. The molecular weight excluding hydrogens is 274 g/mol. The summed E-state index contributed by atoms with van der Waals surface area (Å²) in [5, 5.41) is 2.48. The molecule has 1 N–H and O–H groups in total. The number of nitrogens with one attached hydrogen (secondary N) is 1. The molecule has 104 valence electrons. The molecule has 0 aromatic heterocycles. The van der Waals surface area contributed by atoms with Crippen LogP contribution in [0.1, 0.15) is 11.1 Å². The van der Waals surface area contributed by atoms with Gasteiger partial charge in [0.15, 0.2) is 0 Å². The maximum Gasteiger partial charge on any atom is 0.275 e. The van der Waals surface area contributed by atoms with Crippen LogP contribution >= 0.6 is 0 Å². The average molecular weight is 284 g/mol. The summed E-state index contributed by atoms with van der Waals surface area (Å²) in [6.07, 6.45) is 1.33. The summed E-state index contributed by atoms with van der Waals surface area (Å²) in [5.74, 6) is -1.30. The first-order valence-electron chi connectivity index (χ1n) is 6.26. The van der Waals surface area contributed by atoms with Crippen LogP contribution in [-0.4, -0.2) is 11.7 Å². The van der Waals surface area contributed by atoms with Crippen LogP contribution in [0, 0.1) is 11.6 Å². The van der Waals surface area contributed by atoms with E-state index in [-0.39, 0.29) is 22.7 Å². The van der Waals surface area contributed by atoms with Gasteiger partial charge in [-0.2, -0.15) is 0 Å². The zero-order valence-corrected chi connectivity index (χ0v) is 10.8. The summed E-state index contributed by atoms with van der Waals surface area (Å²) in [6, 6.07) is 12.0. The Morgan fingerprint density at radius 1 is 0.952 bits per heavy atom. The van der Waals surface area contributed by atoms with Crippen LogP contribution in [0.3, 0.4) is 0 Å². The van der Waals surface area contributed by atoms with E-state index in [0.29, 0.717) is 0 Å². The van der Waals surface area contributed by atoms with Crippen molar-refractivity contribution in [2.75, 3.05) is 0 Å². The average Bonchev–Trinajstić information content (AvgIpc) is 2.83. The van der Waals surface area contributed by atoms with Gasteiger partial charge in [-0.25, -0.2) is 13.8 Å². The fraction of sp³-hybridized carbons (Fsp3) is 0. The summed E-state index contributed by atoms with van der Waals surface area (Å²) in [4.78, 5) is 15.9.